The predicted octanol–water partition coefficient (Wildman–Crippen LogP) is 4.45. The van der Waals surface area contributed by atoms with Crippen LogP contribution in [0.1, 0.15) is 24.5 Å². The van der Waals surface area contributed by atoms with Crippen LogP contribution in [-0.2, 0) is 10.3 Å². The molecule has 0 aliphatic carbocycles. The van der Waals surface area contributed by atoms with Crippen molar-refractivity contribution in [1.82, 2.24) is 0 Å². The van der Waals surface area contributed by atoms with Gasteiger partial charge in [-0.3, -0.25) is 0 Å². The molecule has 0 amide bonds. The van der Waals surface area contributed by atoms with Crippen LogP contribution in [0.25, 0.3) is 0 Å². The van der Waals surface area contributed by atoms with Crippen molar-refractivity contribution in [3.63, 3.8) is 0 Å². The number of aryl methyl sites for hydroxylation is 1. The van der Waals surface area contributed by atoms with Crippen LogP contribution in [0.4, 0.5) is 5.69 Å². The van der Waals surface area contributed by atoms with E-state index >= 15 is 0 Å². The molecular weight excluding hydrogens is 286 g/mol. The standard InChI is InChI=1S/C17H18ClNO2/c1-3-17(16(20)21,13-7-9-14(18)10-8-13)19-15-6-4-5-12(2)11-15/h4-11,19H,3H2,1-2H3,(H,20,21). The lowest BCUT2D eigenvalue weighted by Crippen LogP contribution is -2.43. The second-order valence-corrected chi connectivity index (χ2v) is 5.50. The molecule has 0 fully saturated rings. The Labute approximate surface area is 129 Å². The van der Waals surface area contributed by atoms with E-state index < -0.39 is 11.5 Å². The lowest BCUT2D eigenvalue weighted by Gasteiger charge is -2.31. The lowest BCUT2D eigenvalue weighted by atomic mass is 9.87. The van der Waals surface area contributed by atoms with Gasteiger partial charge in [-0.15, -0.1) is 0 Å². The summed E-state index contributed by atoms with van der Waals surface area (Å²) in [6.45, 7) is 3.83. The summed E-state index contributed by atoms with van der Waals surface area (Å²) in [5.74, 6) is -0.908. The SMILES string of the molecule is CCC(Nc1cccc(C)c1)(C(=O)O)c1ccc(Cl)cc1. The highest BCUT2D eigenvalue weighted by atomic mass is 35.5. The van der Waals surface area contributed by atoms with E-state index in [1.807, 2.05) is 38.1 Å². The molecule has 2 aromatic rings. The van der Waals surface area contributed by atoms with Crippen LogP contribution in [0, 0.1) is 6.92 Å². The van der Waals surface area contributed by atoms with Gasteiger partial charge in [0.2, 0.25) is 0 Å². The molecule has 1 unspecified atom stereocenters. The van der Waals surface area contributed by atoms with Crippen LogP contribution in [0.3, 0.4) is 0 Å². The van der Waals surface area contributed by atoms with E-state index in [1.54, 1.807) is 24.3 Å². The maximum atomic E-state index is 11.9. The highest BCUT2D eigenvalue weighted by Crippen LogP contribution is 2.31. The first-order valence-corrected chi connectivity index (χ1v) is 7.20. The van der Waals surface area contributed by atoms with Gasteiger partial charge in [0.1, 0.15) is 0 Å². The Balaban J connectivity index is 2.46. The third kappa shape index (κ3) is 3.19. The minimum absolute atomic E-state index is 0.415. The molecule has 3 nitrogen and oxygen atoms in total. The van der Waals surface area contributed by atoms with Crippen LogP contribution < -0.4 is 5.32 Å². The summed E-state index contributed by atoms with van der Waals surface area (Å²) in [6, 6.07) is 14.6. The largest absolute Gasteiger partial charge is 0.479 e. The maximum absolute atomic E-state index is 11.9. The predicted molar refractivity (Wildman–Crippen MR) is 85.9 cm³/mol. The first-order valence-electron chi connectivity index (χ1n) is 6.82. The summed E-state index contributed by atoms with van der Waals surface area (Å²) in [7, 11) is 0. The van der Waals surface area contributed by atoms with Crippen molar-refractivity contribution < 1.29 is 9.90 Å². The van der Waals surface area contributed by atoms with Gasteiger partial charge in [-0.1, -0.05) is 42.8 Å². The van der Waals surface area contributed by atoms with Crippen molar-refractivity contribution in [1.29, 1.82) is 0 Å². The zero-order chi connectivity index (χ0) is 15.5. The van der Waals surface area contributed by atoms with Crippen molar-refractivity contribution in [2.45, 2.75) is 25.8 Å². The van der Waals surface area contributed by atoms with Gasteiger partial charge in [-0.2, -0.15) is 0 Å². The van der Waals surface area contributed by atoms with Crippen LogP contribution in [0.5, 0.6) is 0 Å². The molecule has 0 bridgehead atoms. The summed E-state index contributed by atoms with van der Waals surface area (Å²) in [5.41, 5.74) is 1.38. The van der Waals surface area contributed by atoms with Crippen LogP contribution in [0.15, 0.2) is 48.5 Å². The molecule has 2 rings (SSSR count). The average molecular weight is 304 g/mol. The molecule has 110 valence electrons. The summed E-state index contributed by atoms with van der Waals surface area (Å²) >= 11 is 5.90. The minimum atomic E-state index is -1.17. The normalized spacial score (nSPS) is 13.5. The van der Waals surface area contributed by atoms with Crippen molar-refractivity contribution in [3.8, 4) is 0 Å². The summed E-state index contributed by atoms with van der Waals surface area (Å²) < 4.78 is 0. The molecule has 4 heteroatoms. The summed E-state index contributed by atoms with van der Waals surface area (Å²) in [5, 5.41) is 13.5. The number of halogens is 1. The Bertz CT molecular complexity index is 639. The Kier molecular flexibility index (Phi) is 4.53. The monoisotopic (exact) mass is 303 g/mol. The molecule has 2 aromatic carbocycles. The number of rotatable bonds is 5. The molecular formula is C17H18ClNO2. The quantitative estimate of drug-likeness (QED) is 0.858. The second-order valence-electron chi connectivity index (χ2n) is 5.07. The van der Waals surface area contributed by atoms with Crippen LogP contribution in [0.2, 0.25) is 5.02 Å². The van der Waals surface area contributed by atoms with Crippen molar-refractivity contribution in [3.05, 3.63) is 64.7 Å². The molecule has 2 N–H and O–H groups in total. The topological polar surface area (TPSA) is 49.3 Å². The van der Waals surface area contributed by atoms with Gasteiger partial charge in [0, 0.05) is 10.7 Å². The molecule has 0 aromatic heterocycles. The van der Waals surface area contributed by atoms with Gasteiger partial charge >= 0.3 is 5.97 Å². The number of hydrogen-bond donors (Lipinski definition) is 2. The Morgan fingerprint density at radius 2 is 1.90 bits per heavy atom. The Morgan fingerprint density at radius 3 is 2.43 bits per heavy atom. The van der Waals surface area contributed by atoms with Gasteiger partial charge in [0.05, 0.1) is 0 Å². The summed E-state index contributed by atoms with van der Waals surface area (Å²) in [4.78, 5) is 11.9. The highest BCUT2D eigenvalue weighted by molar-refractivity contribution is 6.30. The number of carboxylic acids is 1. The molecule has 21 heavy (non-hydrogen) atoms. The smallest absolute Gasteiger partial charge is 0.334 e. The third-order valence-electron chi connectivity index (χ3n) is 3.61. The van der Waals surface area contributed by atoms with Gasteiger partial charge in [-0.25, -0.2) is 4.79 Å². The van der Waals surface area contributed by atoms with Gasteiger partial charge in [0.25, 0.3) is 0 Å². The van der Waals surface area contributed by atoms with Crippen LogP contribution in [-0.4, -0.2) is 11.1 Å². The van der Waals surface area contributed by atoms with E-state index in [9.17, 15) is 9.90 Å². The lowest BCUT2D eigenvalue weighted by molar-refractivity contribution is -0.142. The summed E-state index contributed by atoms with van der Waals surface area (Å²) in [6.07, 6.45) is 0.415. The number of hydrogen-bond acceptors (Lipinski definition) is 2. The first-order chi connectivity index (χ1) is 9.98. The number of nitrogens with one attached hydrogen (secondary N) is 1. The fourth-order valence-electron chi connectivity index (χ4n) is 2.40. The number of carbonyl (C=O) groups is 1. The third-order valence-corrected chi connectivity index (χ3v) is 3.86. The zero-order valence-corrected chi connectivity index (χ0v) is 12.8. The van der Waals surface area contributed by atoms with Crippen molar-refractivity contribution in [2.24, 2.45) is 0 Å². The second kappa shape index (κ2) is 6.19. The molecule has 0 saturated heterocycles. The fraction of sp³-hybridized carbons (Fsp3) is 0.235. The van der Waals surface area contributed by atoms with Gasteiger partial charge in [0.15, 0.2) is 5.54 Å². The maximum Gasteiger partial charge on any atom is 0.334 e. The molecule has 0 heterocycles. The van der Waals surface area contributed by atoms with Gasteiger partial charge < -0.3 is 10.4 Å². The Morgan fingerprint density at radius 1 is 1.24 bits per heavy atom. The van der Waals surface area contributed by atoms with E-state index in [0.29, 0.717) is 17.0 Å². The van der Waals surface area contributed by atoms with E-state index in [4.69, 9.17) is 11.6 Å². The number of benzene rings is 2. The van der Waals surface area contributed by atoms with Crippen LogP contribution >= 0.6 is 11.6 Å². The Hall–Kier alpha value is -2.00. The molecule has 0 radical (unpaired) electrons. The number of aliphatic carboxylic acids is 1. The first kappa shape index (κ1) is 15.4. The number of carboxylic acid groups (broad SMARTS) is 1. The molecule has 0 spiro atoms. The molecule has 1 atom stereocenters. The molecule has 0 aliphatic heterocycles. The fourth-order valence-corrected chi connectivity index (χ4v) is 2.52. The van der Waals surface area contributed by atoms with Crippen molar-refractivity contribution in [2.75, 3.05) is 5.32 Å². The molecule has 0 saturated carbocycles. The minimum Gasteiger partial charge on any atom is -0.479 e. The van der Waals surface area contributed by atoms with E-state index in [0.717, 1.165) is 11.3 Å². The van der Waals surface area contributed by atoms with E-state index in [-0.39, 0.29) is 0 Å². The van der Waals surface area contributed by atoms with E-state index in [1.165, 1.54) is 0 Å². The van der Waals surface area contributed by atoms with Crippen molar-refractivity contribution >= 4 is 23.3 Å². The average Bonchev–Trinajstić information content (AvgIpc) is 2.45. The van der Waals surface area contributed by atoms with Gasteiger partial charge in [-0.05, 0) is 48.7 Å². The molecule has 0 aliphatic rings. The highest BCUT2D eigenvalue weighted by Gasteiger charge is 2.38. The zero-order valence-electron chi connectivity index (χ0n) is 12.1. The number of anilines is 1. The van der Waals surface area contributed by atoms with E-state index in [2.05, 4.69) is 5.32 Å².